The standard InChI is InChI=1S/C10H11NO4S2.K/c1-5(12)16-3-2-6-9(10(14)15)11-7(13)4-8(11)17-6;/h2,8-9H,3-4H2,1H3,(H,14,15);/q;+1/p-1/b6-2-;. The normalized spacial score (nSPS) is 27.5. The number of thioether (sulfide) groups is 2. The van der Waals surface area contributed by atoms with Gasteiger partial charge in [-0.3, -0.25) is 9.59 Å². The molecule has 2 aliphatic heterocycles. The van der Waals surface area contributed by atoms with Crippen molar-refractivity contribution in [2.45, 2.75) is 24.8 Å². The van der Waals surface area contributed by atoms with Crippen molar-refractivity contribution in [3.63, 3.8) is 0 Å². The average molecular weight is 311 g/mol. The van der Waals surface area contributed by atoms with Crippen LogP contribution in [-0.2, 0) is 14.4 Å². The average Bonchev–Trinajstić information content (AvgIpc) is 2.50. The van der Waals surface area contributed by atoms with Crippen LogP contribution in [0.1, 0.15) is 13.3 Å². The maximum absolute atomic E-state index is 11.3. The van der Waals surface area contributed by atoms with Gasteiger partial charge in [-0.25, -0.2) is 0 Å². The molecule has 5 nitrogen and oxygen atoms in total. The summed E-state index contributed by atoms with van der Waals surface area (Å²) in [6.07, 6.45) is 2.08. The molecule has 0 aliphatic carbocycles. The third-order valence-corrected chi connectivity index (χ3v) is 4.63. The molecule has 0 aromatic heterocycles. The van der Waals surface area contributed by atoms with Crippen LogP contribution in [0.4, 0.5) is 0 Å². The maximum Gasteiger partial charge on any atom is 1.00 e. The Bertz CT molecular complexity index is 426. The number of hydrogen-bond donors (Lipinski definition) is 0. The number of nitrogens with zero attached hydrogens (tertiary/aromatic N) is 1. The summed E-state index contributed by atoms with van der Waals surface area (Å²) in [7, 11) is 0. The summed E-state index contributed by atoms with van der Waals surface area (Å²) in [4.78, 5) is 35.0. The Morgan fingerprint density at radius 3 is 2.78 bits per heavy atom. The van der Waals surface area contributed by atoms with Crippen molar-refractivity contribution in [2.75, 3.05) is 5.75 Å². The minimum absolute atomic E-state index is 0. The number of fused-ring (bicyclic) bond motifs is 1. The molecule has 2 rings (SSSR count). The molecule has 2 heterocycles. The topological polar surface area (TPSA) is 77.5 Å². The predicted molar refractivity (Wildman–Crippen MR) is 62.9 cm³/mol. The van der Waals surface area contributed by atoms with E-state index in [0.29, 0.717) is 17.1 Å². The van der Waals surface area contributed by atoms with Gasteiger partial charge in [-0.15, -0.1) is 11.8 Å². The first-order chi connectivity index (χ1) is 8.00. The Hall–Kier alpha value is 0.686. The van der Waals surface area contributed by atoms with Crippen LogP contribution >= 0.6 is 23.5 Å². The second-order valence-electron chi connectivity index (χ2n) is 3.71. The van der Waals surface area contributed by atoms with Crippen molar-refractivity contribution in [2.24, 2.45) is 0 Å². The molecule has 92 valence electrons. The number of aliphatic carboxylic acids is 1. The summed E-state index contributed by atoms with van der Waals surface area (Å²) < 4.78 is 0. The van der Waals surface area contributed by atoms with E-state index in [9.17, 15) is 19.5 Å². The number of carbonyl (C=O) groups is 3. The van der Waals surface area contributed by atoms with Crippen LogP contribution < -0.4 is 56.5 Å². The van der Waals surface area contributed by atoms with Gasteiger partial charge in [-0.05, 0) is 0 Å². The molecule has 2 saturated heterocycles. The van der Waals surface area contributed by atoms with Gasteiger partial charge in [0.2, 0.25) is 5.91 Å². The Kier molecular flexibility index (Phi) is 6.43. The molecule has 0 spiro atoms. The van der Waals surface area contributed by atoms with E-state index in [1.807, 2.05) is 0 Å². The molecule has 0 bridgehead atoms. The molecule has 0 saturated carbocycles. The van der Waals surface area contributed by atoms with Gasteiger partial charge in [-0.2, -0.15) is 0 Å². The van der Waals surface area contributed by atoms with Gasteiger partial charge >= 0.3 is 51.4 Å². The van der Waals surface area contributed by atoms with Crippen LogP contribution in [0, 0.1) is 0 Å². The minimum atomic E-state index is -1.26. The first kappa shape index (κ1) is 16.7. The molecule has 8 heteroatoms. The first-order valence-corrected chi connectivity index (χ1v) is 6.89. The first-order valence-electron chi connectivity index (χ1n) is 5.03. The van der Waals surface area contributed by atoms with Gasteiger partial charge < -0.3 is 14.8 Å². The van der Waals surface area contributed by atoms with Gasteiger partial charge in [0, 0.05) is 17.6 Å². The van der Waals surface area contributed by atoms with E-state index >= 15 is 0 Å². The Labute approximate surface area is 156 Å². The monoisotopic (exact) mass is 311 g/mol. The zero-order valence-electron chi connectivity index (χ0n) is 10.0. The van der Waals surface area contributed by atoms with Crippen LogP contribution in [0.2, 0.25) is 0 Å². The minimum Gasteiger partial charge on any atom is -0.547 e. The second-order valence-corrected chi connectivity index (χ2v) is 6.16. The van der Waals surface area contributed by atoms with E-state index in [-0.39, 0.29) is 67.8 Å². The molecule has 2 aliphatic rings. The van der Waals surface area contributed by atoms with Crippen LogP contribution in [0.3, 0.4) is 0 Å². The number of carboxylic acid groups (broad SMARTS) is 1. The molecule has 1 amide bonds. The van der Waals surface area contributed by atoms with Crippen molar-refractivity contribution < 1.29 is 70.9 Å². The fourth-order valence-electron chi connectivity index (χ4n) is 1.80. The van der Waals surface area contributed by atoms with Crippen molar-refractivity contribution in [3.05, 3.63) is 11.0 Å². The van der Waals surface area contributed by atoms with Crippen molar-refractivity contribution >= 4 is 40.5 Å². The number of β-lactam (4-membered cyclic amide) rings is 1. The van der Waals surface area contributed by atoms with E-state index in [0.717, 1.165) is 11.8 Å². The van der Waals surface area contributed by atoms with Crippen molar-refractivity contribution in [1.29, 1.82) is 0 Å². The summed E-state index contributed by atoms with van der Waals surface area (Å²) >= 11 is 2.48. The van der Waals surface area contributed by atoms with Gasteiger partial charge in [-0.1, -0.05) is 17.8 Å². The zero-order valence-corrected chi connectivity index (χ0v) is 14.8. The van der Waals surface area contributed by atoms with Gasteiger partial charge in [0.1, 0.15) is 6.04 Å². The third kappa shape index (κ3) is 3.41. The number of amides is 1. The third-order valence-electron chi connectivity index (χ3n) is 2.56. The number of carbonyl (C=O) groups excluding carboxylic acids is 3. The summed E-state index contributed by atoms with van der Waals surface area (Å²) in [5.41, 5.74) is 0. The molecule has 2 unspecified atom stereocenters. The fourth-order valence-corrected chi connectivity index (χ4v) is 3.81. The van der Waals surface area contributed by atoms with Gasteiger partial charge in [0.25, 0.3) is 0 Å². The van der Waals surface area contributed by atoms with E-state index in [1.54, 1.807) is 6.08 Å². The van der Waals surface area contributed by atoms with E-state index in [1.165, 1.54) is 23.6 Å². The Balaban J connectivity index is 0.00000162. The van der Waals surface area contributed by atoms with Crippen LogP contribution in [0.15, 0.2) is 11.0 Å². The van der Waals surface area contributed by atoms with E-state index < -0.39 is 12.0 Å². The molecule has 2 atom stereocenters. The molecule has 0 N–H and O–H groups in total. The SMILES string of the molecule is CC(=O)SC/C=C1\SC2CC(=O)N2C1C(=O)[O-].[K+]. The maximum atomic E-state index is 11.3. The summed E-state index contributed by atoms with van der Waals surface area (Å²) in [6.45, 7) is 1.46. The van der Waals surface area contributed by atoms with Crippen LogP contribution in [0.5, 0.6) is 0 Å². The second kappa shape index (κ2) is 6.91. The van der Waals surface area contributed by atoms with Crippen LogP contribution in [-0.4, -0.2) is 39.1 Å². The molecular formula is C10H10KNO4S2. The van der Waals surface area contributed by atoms with E-state index in [2.05, 4.69) is 0 Å². The zero-order chi connectivity index (χ0) is 12.6. The van der Waals surface area contributed by atoms with Gasteiger partial charge in [0.15, 0.2) is 5.12 Å². The molecule has 0 aromatic rings. The largest absolute Gasteiger partial charge is 1.00 e. The van der Waals surface area contributed by atoms with Crippen molar-refractivity contribution in [1.82, 2.24) is 4.90 Å². The molecular weight excluding hydrogens is 301 g/mol. The Morgan fingerprint density at radius 2 is 2.28 bits per heavy atom. The summed E-state index contributed by atoms with van der Waals surface area (Å²) in [5.74, 6) is -0.984. The number of carboxylic acids is 1. The fraction of sp³-hybridized carbons (Fsp3) is 0.500. The molecule has 0 aromatic carbocycles. The molecule has 18 heavy (non-hydrogen) atoms. The van der Waals surface area contributed by atoms with E-state index in [4.69, 9.17) is 0 Å². The van der Waals surface area contributed by atoms with Crippen LogP contribution in [0.25, 0.3) is 0 Å². The number of hydrogen-bond acceptors (Lipinski definition) is 6. The quantitative estimate of drug-likeness (QED) is 0.399. The smallest absolute Gasteiger partial charge is 0.547 e. The van der Waals surface area contributed by atoms with Gasteiger partial charge in [0.05, 0.1) is 17.8 Å². The number of rotatable bonds is 3. The summed E-state index contributed by atoms with van der Waals surface area (Å²) in [6, 6.07) is -0.959. The Morgan fingerprint density at radius 1 is 1.61 bits per heavy atom. The molecule has 2 fully saturated rings. The summed E-state index contributed by atoms with van der Waals surface area (Å²) in [5, 5.41) is 10.9. The predicted octanol–water partition coefficient (Wildman–Crippen LogP) is -3.42. The van der Waals surface area contributed by atoms with Crippen molar-refractivity contribution in [3.8, 4) is 0 Å². The molecule has 0 radical (unpaired) electrons.